The van der Waals surface area contributed by atoms with Crippen molar-refractivity contribution >= 4 is 5.91 Å². The van der Waals surface area contributed by atoms with Crippen LogP contribution in [0.2, 0.25) is 0 Å². The number of amides is 1. The highest BCUT2D eigenvalue weighted by Gasteiger charge is 2.10. The molecule has 0 radical (unpaired) electrons. The van der Waals surface area contributed by atoms with Crippen molar-refractivity contribution < 1.29 is 9.90 Å². The molecule has 1 amide bonds. The number of carbonyl (C=O) groups is 1. The van der Waals surface area contributed by atoms with Gasteiger partial charge in [0.05, 0.1) is 0 Å². The molecule has 3 nitrogen and oxygen atoms in total. The number of benzene rings is 1. The Balaban J connectivity index is 2.78. The molecule has 0 atom stereocenters. The molecule has 0 heterocycles. The van der Waals surface area contributed by atoms with Crippen molar-refractivity contribution in [2.45, 2.75) is 20.8 Å². The zero-order valence-electron chi connectivity index (χ0n) is 9.37. The summed E-state index contributed by atoms with van der Waals surface area (Å²) in [5.74, 6) is 0.455. The van der Waals surface area contributed by atoms with Gasteiger partial charge in [0.15, 0.2) is 0 Å². The number of phenolic OH excluding ortho intramolecular Hbond substituents is 1. The maximum absolute atomic E-state index is 11.7. The molecule has 0 unspecified atom stereocenters. The van der Waals surface area contributed by atoms with Crippen molar-refractivity contribution in [3.63, 3.8) is 0 Å². The van der Waals surface area contributed by atoms with Crippen molar-refractivity contribution in [1.29, 1.82) is 0 Å². The van der Waals surface area contributed by atoms with Gasteiger partial charge < -0.3 is 10.4 Å². The molecule has 0 bridgehead atoms. The Morgan fingerprint density at radius 3 is 2.73 bits per heavy atom. The van der Waals surface area contributed by atoms with E-state index in [-0.39, 0.29) is 11.7 Å². The zero-order valence-corrected chi connectivity index (χ0v) is 9.37. The number of aromatic hydroxyl groups is 1. The Morgan fingerprint density at radius 2 is 2.13 bits per heavy atom. The molecular formula is C12H17NO2. The van der Waals surface area contributed by atoms with Crippen molar-refractivity contribution in [2.24, 2.45) is 5.92 Å². The lowest BCUT2D eigenvalue weighted by Gasteiger charge is -2.10. The minimum atomic E-state index is -0.128. The van der Waals surface area contributed by atoms with Gasteiger partial charge in [-0.1, -0.05) is 19.9 Å². The van der Waals surface area contributed by atoms with E-state index in [4.69, 9.17) is 0 Å². The summed E-state index contributed by atoms with van der Waals surface area (Å²) in [6.07, 6.45) is 0. The predicted molar refractivity (Wildman–Crippen MR) is 60.0 cm³/mol. The molecule has 1 aromatic rings. The predicted octanol–water partition coefficient (Wildman–Crippen LogP) is 2.09. The number of rotatable bonds is 3. The first-order valence-corrected chi connectivity index (χ1v) is 5.09. The fraction of sp³-hybridized carbons (Fsp3) is 0.417. The van der Waals surface area contributed by atoms with E-state index in [0.29, 0.717) is 23.6 Å². The van der Waals surface area contributed by atoms with Gasteiger partial charge in [0.1, 0.15) is 5.75 Å². The molecule has 0 aromatic heterocycles. The summed E-state index contributed by atoms with van der Waals surface area (Å²) >= 11 is 0. The molecule has 3 heteroatoms. The lowest BCUT2D eigenvalue weighted by molar-refractivity contribution is 0.0948. The molecule has 15 heavy (non-hydrogen) atoms. The van der Waals surface area contributed by atoms with Gasteiger partial charge in [-0.2, -0.15) is 0 Å². The molecule has 1 aromatic carbocycles. The van der Waals surface area contributed by atoms with Crippen LogP contribution in [0.25, 0.3) is 0 Å². The van der Waals surface area contributed by atoms with Gasteiger partial charge >= 0.3 is 0 Å². The summed E-state index contributed by atoms with van der Waals surface area (Å²) in [5.41, 5.74) is 1.16. The van der Waals surface area contributed by atoms with Crippen molar-refractivity contribution in [3.8, 4) is 5.75 Å². The fourth-order valence-corrected chi connectivity index (χ4v) is 1.26. The van der Waals surface area contributed by atoms with Crippen LogP contribution < -0.4 is 5.32 Å². The van der Waals surface area contributed by atoms with Gasteiger partial charge in [-0.05, 0) is 25.0 Å². The summed E-state index contributed by atoms with van der Waals surface area (Å²) in [7, 11) is 0. The minimum absolute atomic E-state index is 0.128. The van der Waals surface area contributed by atoms with Crippen LogP contribution in [0.5, 0.6) is 5.75 Å². The van der Waals surface area contributed by atoms with Crippen LogP contribution in [-0.2, 0) is 0 Å². The van der Waals surface area contributed by atoms with Crippen LogP contribution in [-0.4, -0.2) is 17.6 Å². The highest BCUT2D eigenvalue weighted by atomic mass is 16.3. The summed E-state index contributed by atoms with van der Waals surface area (Å²) < 4.78 is 0. The molecule has 82 valence electrons. The monoisotopic (exact) mass is 207 g/mol. The standard InChI is InChI=1S/C12H17NO2/c1-8(2)7-13-12(15)10-5-4-6-11(14)9(10)3/h4-6,8,14H,7H2,1-3H3,(H,13,15). The summed E-state index contributed by atoms with van der Waals surface area (Å²) in [6.45, 7) is 6.46. The van der Waals surface area contributed by atoms with Gasteiger partial charge in [0, 0.05) is 17.7 Å². The SMILES string of the molecule is Cc1c(O)cccc1C(=O)NCC(C)C. The molecular weight excluding hydrogens is 190 g/mol. The second-order valence-electron chi connectivity index (χ2n) is 4.05. The van der Waals surface area contributed by atoms with Gasteiger partial charge in [-0.25, -0.2) is 0 Å². The molecule has 0 aliphatic rings. The number of hydrogen-bond acceptors (Lipinski definition) is 2. The molecule has 0 saturated carbocycles. The third kappa shape index (κ3) is 2.98. The fourth-order valence-electron chi connectivity index (χ4n) is 1.26. The summed E-state index contributed by atoms with van der Waals surface area (Å²) in [6, 6.07) is 4.96. The summed E-state index contributed by atoms with van der Waals surface area (Å²) in [5, 5.41) is 12.3. The molecule has 0 saturated heterocycles. The largest absolute Gasteiger partial charge is 0.508 e. The average Bonchev–Trinajstić information content (AvgIpc) is 2.18. The van der Waals surface area contributed by atoms with E-state index < -0.39 is 0 Å². The van der Waals surface area contributed by atoms with Crippen LogP contribution in [0.15, 0.2) is 18.2 Å². The van der Waals surface area contributed by atoms with Crippen LogP contribution in [0.4, 0.5) is 0 Å². The van der Waals surface area contributed by atoms with E-state index in [0.717, 1.165) is 0 Å². The Bertz CT molecular complexity index is 359. The van der Waals surface area contributed by atoms with Crippen LogP contribution in [0, 0.1) is 12.8 Å². The van der Waals surface area contributed by atoms with Gasteiger partial charge in [-0.15, -0.1) is 0 Å². The second-order valence-corrected chi connectivity index (χ2v) is 4.05. The Kier molecular flexibility index (Phi) is 3.72. The molecule has 0 fully saturated rings. The third-order valence-electron chi connectivity index (χ3n) is 2.22. The van der Waals surface area contributed by atoms with E-state index >= 15 is 0 Å². The van der Waals surface area contributed by atoms with Gasteiger partial charge in [0.2, 0.25) is 0 Å². The van der Waals surface area contributed by atoms with E-state index in [1.165, 1.54) is 0 Å². The van der Waals surface area contributed by atoms with Gasteiger partial charge in [0.25, 0.3) is 5.91 Å². The molecule has 0 spiro atoms. The van der Waals surface area contributed by atoms with Crippen LogP contribution in [0.1, 0.15) is 29.8 Å². The topological polar surface area (TPSA) is 49.3 Å². The smallest absolute Gasteiger partial charge is 0.251 e. The number of nitrogens with one attached hydrogen (secondary N) is 1. The number of carbonyl (C=O) groups excluding carboxylic acids is 1. The molecule has 2 N–H and O–H groups in total. The Morgan fingerprint density at radius 1 is 1.47 bits per heavy atom. The molecule has 0 aliphatic carbocycles. The zero-order chi connectivity index (χ0) is 11.4. The lowest BCUT2D eigenvalue weighted by Crippen LogP contribution is -2.27. The Labute approximate surface area is 90.1 Å². The molecule has 0 aliphatic heterocycles. The normalized spacial score (nSPS) is 10.4. The first kappa shape index (κ1) is 11.6. The van der Waals surface area contributed by atoms with E-state index in [9.17, 15) is 9.90 Å². The van der Waals surface area contributed by atoms with Crippen molar-refractivity contribution in [2.75, 3.05) is 6.54 Å². The van der Waals surface area contributed by atoms with Gasteiger partial charge in [-0.3, -0.25) is 4.79 Å². The van der Waals surface area contributed by atoms with Crippen LogP contribution >= 0.6 is 0 Å². The summed E-state index contributed by atoms with van der Waals surface area (Å²) in [4.78, 5) is 11.7. The maximum atomic E-state index is 11.7. The average molecular weight is 207 g/mol. The van der Waals surface area contributed by atoms with Crippen molar-refractivity contribution in [3.05, 3.63) is 29.3 Å². The minimum Gasteiger partial charge on any atom is -0.508 e. The Hall–Kier alpha value is -1.51. The highest BCUT2D eigenvalue weighted by molar-refractivity contribution is 5.96. The lowest BCUT2D eigenvalue weighted by atomic mass is 10.1. The maximum Gasteiger partial charge on any atom is 0.251 e. The van der Waals surface area contributed by atoms with Crippen molar-refractivity contribution in [1.82, 2.24) is 5.32 Å². The second kappa shape index (κ2) is 4.82. The number of phenols is 1. The van der Waals surface area contributed by atoms with E-state index in [1.807, 2.05) is 13.8 Å². The quantitative estimate of drug-likeness (QED) is 0.797. The first-order chi connectivity index (χ1) is 7.02. The highest BCUT2D eigenvalue weighted by Crippen LogP contribution is 2.19. The van der Waals surface area contributed by atoms with E-state index in [1.54, 1.807) is 25.1 Å². The van der Waals surface area contributed by atoms with E-state index in [2.05, 4.69) is 5.32 Å². The number of hydrogen-bond donors (Lipinski definition) is 2. The van der Waals surface area contributed by atoms with Crippen LogP contribution in [0.3, 0.4) is 0 Å². The third-order valence-corrected chi connectivity index (χ3v) is 2.22. The molecule has 1 rings (SSSR count). The first-order valence-electron chi connectivity index (χ1n) is 5.09.